The zero-order valence-electron chi connectivity index (χ0n) is 11.8. The Morgan fingerprint density at radius 2 is 2.00 bits per heavy atom. The van der Waals surface area contributed by atoms with Crippen LogP contribution in [0.15, 0.2) is 23.6 Å². The van der Waals surface area contributed by atoms with Gasteiger partial charge in [0.1, 0.15) is 17.2 Å². The number of thiazole rings is 1. The van der Waals surface area contributed by atoms with Crippen LogP contribution in [0, 0.1) is 0 Å². The van der Waals surface area contributed by atoms with Gasteiger partial charge in [0.15, 0.2) is 10.9 Å². The van der Waals surface area contributed by atoms with E-state index >= 15 is 0 Å². The number of anilines is 1. The van der Waals surface area contributed by atoms with Gasteiger partial charge in [0, 0.05) is 12.3 Å². The summed E-state index contributed by atoms with van der Waals surface area (Å²) in [5, 5.41) is 4.59. The first-order valence-corrected chi connectivity index (χ1v) is 6.93. The molecule has 1 aromatic heterocycles. The summed E-state index contributed by atoms with van der Waals surface area (Å²) in [6.07, 6.45) is 0. The van der Waals surface area contributed by atoms with Crippen molar-refractivity contribution in [2.45, 2.75) is 6.92 Å². The molecule has 0 saturated heterocycles. The zero-order valence-corrected chi connectivity index (χ0v) is 12.6. The highest BCUT2D eigenvalue weighted by Crippen LogP contribution is 2.25. The van der Waals surface area contributed by atoms with Crippen LogP contribution in [-0.4, -0.2) is 30.9 Å². The summed E-state index contributed by atoms with van der Waals surface area (Å²) < 4.78 is 10.3. The smallest absolute Gasteiger partial charge is 0.261 e. The van der Waals surface area contributed by atoms with Crippen LogP contribution in [0.1, 0.15) is 27.8 Å². The van der Waals surface area contributed by atoms with E-state index in [2.05, 4.69) is 10.3 Å². The molecule has 0 saturated carbocycles. The van der Waals surface area contributed by atoms with E-state index in [9.17, 15) is 9.59 Å². The molecule has 0 radical (unpaired) electrons. The maximum atomic E-state index is 12.3. The molecule has 0 fully saturated rings. The van der Waals surface area contributed by atoms with E-state index in [1.165, 1.54) is 32.5 Å². The summed E-state index contributed by atoms with van der Waals surface area (Å²) in [7, 11) is 3.00. The fraction of sp³-hybridized carbons (Fsp3) is 0.214. The lowest BCUT2D eigenvalue weighted by Crippen LogP contribution is -2.13. The van der Waals surface area contributed by atoms with Gasteiger partial charge in [-0.05, 0) is 18.2 Å². The van der Waals surface area contributed by atoms with Crippen LogP contribution >= 0.6 is 11.3 Å². The number of Topliss-reactive ketones (excluding diaryl/α,β-unsaturated/α-hetero) is 1. The van der Waals surface area contributed by atoms with Gasteiger partial charge in [-0.3, -0.25) is 14.9 Å². The number of amides is 1. The third-order valence-corrected chi connectivity index (χ3v) is 3.49. The van der Waals surface area contributed by atoms with Crippen LogP contribution in [0.2, 0.25) is 0 Å². The van der Waals surface area contributed by atoms with Gasteiger partial charge in [0.05, 0.1) is 19.8 Å². The summed E-state index contributed by atoms with van der Waals surface area (Å²) in [5.41, 5.74) is 0.657. The van der Waals surface area contributed by atoms with E-state index in [4.69, 9.17) is 9.47 Å². The van der Waals surface area contributed by atoms with Crippen molar-refractivity contribution in [2.75, 3.05) is 19.5 Å². The number of carbonyl (C=O) groups is 2. The topological polar surface area (TPSA) is 77.5 Å². The minimum Gasteiger partial charge on any atom is -0.497 e. The molecule has 1 N–H and O–H groups in total. The molecule has 21 heavy (non-hydrogen) atoms. The molecule has 0 atom stereocenters. The third kappa shape index (κ3) is 3.38. The fourth-order valence-corrected chi connectivity index (χ4v) is 2.39. The first-order valence-electron chi connectivity index (χ1n) is 6.05. The number of benzene rings is 1. The lowest BCUT2D eigenvalue weighted by molar-refractivity contribution is 0.100. The molecule has 7 heteroatoms. The summed E-state index contributed by atoms with van der Waals surface area (Å²) in [5.74, 6) is 0.446. The van der Waals surface area contributed by atoms with Gasteiger partial charge in [-0.1, -0.05) is 0 Å². The van der Waals surface area contributed by atoms with Crippen LogP contribution < -0.4 is 14.8 Å². The van der Waals surface area contributed by atoms with Gasteiger partial charge in [-0.25, -0.2) is 4.98 Å². The molecule has 1 heterocycles. The maximum absolute atomic E-state index is 12.3. The van der Waals surface area contributed by atoms with E-state index in [-0.39, 0.29) is 11.7 Å². The maximum Gasteiger partial charge on any atom is 0.261 e. The van der Waals surface area contributed by atoms with Crippen molar-refractivity contribution in [2.24, 2.45) is 0 Å². The number of hydrogen-bond donors (Lipinski definition) is 1. The van der Waals surface area contributed by atoms with E-state index in [1.807, 2.05) is 0 Å². The molecule has 2 rings (SSSR count). The SMILES string of the molecule is COc1ccc(OC)c(C(=O)Nc2nc(C(C)=O)cs2)c1. The van der Waals surface area contributed by atoms with Gasteiger partial charge in [-0.15, -0.1) is 11.3 Å². The number of aromatic nitrogens is 1. The first-order chi connectivity index (χ1) is 10.0. The van der Waals surface area contributed by atoms with E-state index in [0.29, 0.717) is 27.9 Å². The lowest BCUT2D eigenvalue weighted by atomic mass is 10.1. The summed E-state index contributed by atoms with van der Waals surface area (Å²) in [6.45, 7) is 1.42. The standard InChI is InChI=1S/C14H14N2O4S/c1-8(17)11-7-21-14(15-11)16-13(18)10-6-9(19-2)4-5-12(10)20-3/h4-7H,1-3H3,(H,15,16,18). The highest BCUT2D eigenvalue weighted by Gasteiger charge is 2.16. The van der Waals surface area contributed by atoms with E-state index in [1.54, 1.807) is 23.6 Å². The van der Waals surface area contributed by atoms with Crippen molar-refractivity contribution in [3.63, 3.8) is 0 Å². The third-order valence-electron chi connectivity index (χ3n) is 2.74. The van der Waals surface area contributed by atoms with E-state index < -0.39 is 0 Å². The Labute approximate surface area is 125 Å². The Morgan fingerprint density at radius 3 is 2.57 bits per heavy atom. The van der Waals surface area contributed by atoms with Crippen molar-refractivity contribution >= 4 is 28.2 Å². The van der Waals surface area contributed by atoms with Gasteiger partial charge >= 0.3 is 0 Å². The number of nitrogens with zero attached hydrogens (tertiary/aromatic N) is 1. The van der Waals surface area contributed by atoms with Crippen LogP contribution in [-0.2, 0) is 0 Å². The van der Waals surface area contributed by atoms with E-state index in [0.717, 1.165) is 0 Å². The molecule has 0 unspecified atom stereocenters. The molecule has 0 aliphatic carbocycles. The molecule has 6 nitrogen and oxygen atoms in total. The molecule has 0 bridgehead atoms. The first kappa shape index (κ1) is 15.0. The quantitative estimate of drug-likeness (QED) is 0.859. The second-order valence-corrected chi connectivity index (χ2v) is 4.97. The highest BCUT2D eigenvalue weighted by molar-refractivity contribution is 7.14. The van der Waals surface area contributed by atoms with Crippen molar-refractivity contribution in [3.8, 4) is 11.5 Å². The molecular weight excluding hydrogens is 292 g/mol. The van der Waals surface area contributed by atoms with Gasteiger partial charge in [0.2, 0.25) is 0 Å². The number of hydrogen-bond acceptors (Lipinski definition) is 6. The number of methoxy groups -OCH3 is 2. The Hall–Kier alpha value is -2.41. The normalized spacial score (nSPS) is 10.0. The second kappa shape index (κ2) is 6.36. The number of carbonyl (C=O) groups excluding carboxylic acids is 2. The second-order valence-electron chi connectivity index (χ2n) is 4.11. The predicted octanol–water partition coefficient (Wildman–Crippen LogP) is 2.62. The predicted molar refractivity (Wildman–Crippen MR) is 79.6 cm³/mol. The molecule has 0 aliphatic rings. The molecule has 1 amide bonds. The van der Waals surface area contributed by atoms with Crippen molar-refractivity contribution in [3.05, 3.63) is 34.8 Å². The zero-order chi connectivity index (χ0) is 15.4. The van der Waals surface area contributed by atoms with Gasteiger partial charge < -0.3 is 9.47 Å². The number of ether oxygens (including phenoxy) is 2. The summed E-state index contributed by atoms with van der Waals surface area (Å²) >= 11 is 1.19. The Morgan fingerprint density at radius 1 is 1.24 bits per heavy atom. The lowest BCUT2D eigenvalue weighted by Gasteiger charge is -2.09. The largest absolute Gasteiger partial charge is 0.497 e. The monoisotopic (exact) mass is 306 g/mol. The Kier molecular flexibility index (Phi) is 4.54. The minimum absolute atomic E-state index is 0.147. The average Bonchev–Trinajstić information content (AvgIpc) is 2.95. The summed E-state index contributed by atoms with van der Waals surface area (Å²) in [6, 6.07) is 4.93. The molecule has 2 aromatic rings. The van der Waals surface area contributed by atoms with Gasteiger partial charge in [-0.2, -0.15) is 0 Å². The minimum atomic E-state index is -0.379. The van der Waals surface area contributed by atoms with Crippen LogP contribution in [0.5, 0.6) is 11.5 Å². The highest BCUT2D eigenvalue weighted by atomic mass is 32.1. The van der Waals surface area contributed by atoms with Gasteiger partial charge in [0.25, 0.3) is 5.91 Å². The van der Waals surface area contributed by atoms with Crippen LogP contribution in [0.3, 0.4) is 0 Å². The molecule has 0 aliphatic heterocycles. The molecule has 1 aromatic carbocycles. The van der Waals surface area contributed by atoms with Crippen LogP contribution in [0.25, 0.3) is 0 Å². The van der Waals surface area contributed by atoms with Crippen molar-refractivity contribution in [1.29, 1.82) is 0 Å². The van der Waals surface area contributed by atoms with Crippen LogP contribution in [0.4, 0.5) is 5.13 Å². The Balaban J connectivity index is 2.24. The number of ketones is 1. The molecule has 110 valence electrons. The fourth-order valence-electron chi connectivity index (χ4n) is 1.65. The average molecular weight is 306 g/mol. The van der Waals surface area contributed by atoms with Crippen molar-refractivity contribution < 1.29 is 19.1 Å². The van der Waals surface area contributed by atoms with Crippen molar-refractivity contribution in [1.82, 2.24) is 4.98 Å². The summed E-state index contributed by atoms with van der Waals surface area (Å²) in [4.78, 5) is 27.5. The number of nitrogens with one attached hydrogen (secondary N) is 1. The Bertz CT molecular complexity index is 681. The molecule has 0 spiro atoms. The number of rotatable bonds is 5. The molecular formula is C14H14N2O4S.